The predicted octanol–water partition coefficient (Wildman–Crippen LogP) is 1.75. The molecule has 2 aromatic rings. The lowest BCUT2D eigenvalue weighted by atomic mass is 10.1. The van der Waals surface area contributed by atoms with E-state index in [-0.39, 0.29) is 5.75 Å². The van der Waals surface area contributed by atoms with Crippen LogP contribution in [0.25, 0.3) is 0 Å². The summed E-state index contributed by atoms with van der Waals surface area (Å²) in [5.74, 6) is 1.54. The molecule has 0 saturated heterocycles. The monoisotopic (exact) mass is 295 g/mol. The van der Waals surface area contributed by atoms with Gasteiger partial charge in [-0.3, -0.25) is 9.19 Å². The van der Waals surface area contributed by atoms with Gasteiger partial charge in [0.2, 0.25) is 5.88 Å². The van der Waals surface area contributed by atoms with Crippen molar-refractivity contribution >= 4 is 10.8 Å². The third-order valence-corrected chi connectivity index (χ3v) is 4.16. The maximum absolute atomic E-state index is 12.3. The topological polar surface area (TPSA) is 77.1 Å². The van der Waals surface area contributed by atoms with Gasteiger partial charge in [0.25, 0.3) is 0 Å². The zero-order valence-corrected chi connectivity index (χ0v) is 12.7. The van der Waals surface area contributed by atoms with Crippen molar-refractivity contribution < 1.29 is 13.7 Å². The Balaban J connectivity index is 2.23. The SMILES string of the molecule is COc1cnc(S(=O)Cc2ncc(C)c(OC)c2C)[nH]1. The number of imidazole rings is 1. The van der Waals surface area contributed by atoms with E-state index in [1.54, 1.807) is 13.3 Å². The number of hydrogen-bond acceptors (Lipinski definition) is 5. The Morgan fingerprint density at radius 1 is 1.20 bits per heavy atom. The molecule has 2 heterocycles. The van der Waals surface area contributed by atoms with Crippen molar-refractivity contribution in [1.82, 2.24) is 15.0 Å². The van der Waals surface area contributed by atoms with Crippen LogP contribution < -0.4 is 9.47 Å². The number of H-pyrrole nitrogens is 1. The zero-order chi connectivity index (χ0) is 14.7. The second kappa shape index (κ2) is 6.04. The molecule has 0 aliphatic rings. The van der Waals surface area contributed by atoms with E-state index in [1.807, 2.05) is 13.8 Å². The molecule has 0 aliphatic heterocycles. The fourth-order valence-corrected chi connectivity index (χ4v) is 2.98. The molecule has 0 aromatic carbocycles. The lowest BCUT2D eigenvalue weighted by molar-refractivity contribution is 0.398. The highest BCUT2D eigenvalue weighted by Gasteiger charge is 2.15. The molecule has 6 nitrogen and oxygen atoms in total. The first-order valence-corrected chi connectivity index (χ1v) is 7.35. The summed E-state index contributed by atoms with van der Waals surface area (Å²) < 4.78 is 22.6. The Kier molecular flexibility index (Phi) is 4.39. The van der Waals surface area contributed by atoms with Crippen molar-refractivity contribution in [2.24, 2.45) is 0 Å². The van der Waals surface area contributed by atoms with E-state index in [4.69, 9.17) is 9.47 Å². The fourth-order valence-electron chi connectivity index (χ4n) is 1.92. The van der Waals surface area contributed by atoms with Gasteiger partial charge in [0.05, 0.1) is 42.7 Å². The van der Waals surface area contributed by atoms with Gasteiger partial charge >= 0.3 is 0 Å². The van der Waals surface area contributed by atoms with E-state index in [1.165, 1.54) is 13.3 Å². The maximum Gasteiger partial charge on any atom is 0.211 e. The molecule has 0 saturated carbocycles. The van der Waals surface area contributed by atoms with Crippen LogP contribution in [0.1, 0.15) is 16.8 Å². The van der Waals surface area contributed by atoms with Gasteiger partial charge in [-0.05, 0) is 13.8 Å². The van der Waals surface area contributed by atoms with Crippen LogP contribution in [0.15, 0.2) is 17.6 Å². The third kappa shape index (κ3) is 2.82. The molecule has 0 radical (unpaired) electrons. The van der Waals surface area contributed by atoms with Gasteiger partial charge in [-0.15, -0.1) is 0 Å². The third-order valence-electron chi connectivity index (χ3n) is 2.98. The minimum Gasteiger partial charge on any atom is -0.496 e. The molecular weight excluding hydrogens is 278 g/mol. The van der Waals surface area contributed by atoms with Gasteiger partial charge < -0.3 is 14.5 Å². The number of pyridine rings is 1. The molecule has 0 aliphatic carbocycles. The van der Waals surface area contributed by atoms with Crippen LogP contribution in [0.4, 0.5) is 0 Å². The van der Waals surface area contributed by atoms with Crippen LogP contribution in [0, 0.1) is 13.8 Å². The summed E-state index contributed by atoms with van der Waals surface area (Å²) in [5.41, 5.74) is 2.60. The number of aromatic amines is 1. The standard InChI is InChI=1S/C13H17N3O3S/c1-8-5-14-10(9(2)12(8)19-4)7-20(17)13-15-6-11(16-13)18-3/h5-6H,7H2,1-4H3,(H,15,16). The summed E-state index contributed by atoms with van der Waals surface area (Å²) in [6, 6.07) is 0. The van der Waals surface area contributed by atoms with Crippen LogP contribution in [0.5, 0.6) is 11.6 Å². The minimum absolute atomic E-state index is 0.277. The molecule has 0 fully saturated rings. The molecule has 0 bridgehead atoms. The Morgan fingerprint density at radius 3 is 2.55 bits per heavy atom. The Hall–Kier alpha value is -1.89. The molecule has 108 valence electrons. The molecule has 7 heteroatoms. The van der Waals surface area contributed by atoms with Crippen molar-refractivity contribution in [2.45, 2.75) is 24.8 Å². The average molecular weight is 295 g/mol. The summed E-state index contributed by atoms with van der Waals surface area (Å²) in [6.45, 7) is 3.84. The Bertz CT molecular complexity index is 640. The van der Waals surface area contributed by atoms with E-state index < -0.39 is 10.8 Å². The largest absolute Gasteiger partial charge is 0.496 e. The van der Waals surface area contributed by atoms with Crippen molar-refractivity contribution in [3.8, 4) is 11.6 Å². The van der Waals surface area contributed by atoms with Gasteiger partial charge in [-0.1, -0.05) is 0 Å². The summed E-state index contributed by atoms with van der Waals surface area (Å²) in [5, 5.41) is 0.377. The van der Waals surface area contributed by atoms with Gasteiger partial charge in [0.15, 0.2) is 5.16 Å². The molecule has 2 rings (SSSR count). The highest BCUT2D eigenvalue weighted by molar-refractivity contribution is 7.84. The molecule has 1 unspecified atom stereocenters. The predicted molar refractivity (Wildman–Crippen MR) is 75.5 cm³/mol. The van der Waals surface area contributed by atoms with Crippen LogP contribution >= 0.6 is 0 Å². The molecule has 0 spiro atoms. The summed E-state index contributed by atoms with van der Waals surface area (Å²) >= 11 is 0. The number of aromatic nitrogens is 3. The van der Waals surface area contributed by atoms with E-state index in [9.17, 15) is 4.21 Å². The van der Waals surface area contributed by atoms with E-state index in [2.05, 4.69) is 15.0 Å². The zero-order valence-electron chi connectivity index (χ0n) is 11.9. The number of methoxy groups -OCH3 is 2. The average Bonchev–Trinajstić information content (AvgIpc) is 2.91. The number of ether oxygens (including phenoxy) is 2. The molecule has 20 heavy (non-hydrogen) atoms. The quantitative estimate of drug-likeness (QED) is 0.909. The summed E-state index contributed by atoms with van der Waals surface area (Å²) in [4.78, 5) is 11.2. The number of nitrogens with zero attached hydrogens (tertiary/aromatic N) is 2. The van der Waals surface area contributed by atoms with Gasteiger partial charge in [0, 0.05) is 17.3 Å². The molecule has 1 N–H and O–H groups in total. The Labute approximate surface area is 120 Å². The van der Waals surface area contributed by atoms with Gasteiger partial charge in [-0.25, -0.2) is 4.98 Å². The lowest BCUT2D eigenvalue weighted by Crippen LogP contribution is -2.05. The van der Waals surface area contributed by atoms with E-state index in [0.29, 0.717) is 11.0 Å². The first-order valence-electron chi connectivity index (χ1n) is 6.03. The number of hydrogen-bond donors (Lipinski definition) is 1. The number of nitrogens with one attached hydrogen (secondary N) is 1. The van der Waals surface area contributed by atoms with Gasteiger partial charge in [0.1, 0.15) is 5.75 Å². The molecule has 0 amide bonds. The number of rotatable bonds is 5. The molecule has 2 aromatic heterocycles. The first kappa shape index (κ1) is 14.5. The van der Waals surface area contributed by atoms with Gasteiger partial charge in [-0.2, -0.15) is 0 Å². The van der Waals surface area contributed by atoms with Crippen molar-refractivity contribution in [3.63, 3.8) is 0 Å². The Morgan fingerprint density at radius 2 is 1.95 bits per heavy atom. The molecular formula is C13H17N3O3S. The van der Waals surface area contributed by atoms with Crippen molar-refractivity contribution in [1.29, 1.82) is 0 Å². The second-order valence-electron chi connectivity index (χ2n) is 4.29. The highest BCUT2D eigenvalue weighted by Crippen LogP contribution is 2.25. The summed E-state index contributed by atoms with van der Waals surface area (Å²) in [7, 11) is 1.84. The fraction of sp³-hybridized carbons (Fsp3) is 0.385. The van der Waals surface area contributed by atoms with Crippen molar-refractivity contribution in [2.75, 3.05) is 14.2 Å². The van der Waals surface area contributed by atoms with Crippen LogP contribution in [-0.2, 0) is 16.6 Å². The normalized spacial score (nSPS) is 12.2. The summed E-state index contributed by atoms with van der Waals surface area (Å²) in [6.07, 6.45) is 3.23. The lowest BCUT2D eigenvalue weighted by Gasteiger charge is -2.11. The van der Waals surface area contributed by atoms with E-state index in [0.717, 1.165) is 22.6 Å². The minimum atomic E-state index is -1.31. The first-order chi connectivity index (χ1) is 9.56. The van der Waals surface area contributed by atoms with Crippen LogP contribution in [0.2, 0.25) is 0 Å². The maximum atomic E-state index is 12.3. The van der Waals surface area contributed by atoms with Crippen LogP contribution in [-0.4, -0.2) is 33.4 Å². The number of aryl methyl sites for hydroxylation is 1. The second-order valence-corrected chi connectivity index (χ2v) is 5.66. The smallest absolute Gasteiger partial charge is 0.211 e. The highest BCUT2D eigenvalue weighted by atomic mass is 32.2. The van der Waals surface area contributed by atoms with Crippen LogP contribution in [0.3, 0.4) is 0 Å². The van der Waals surface area contributed by atoms with E-state index >= 15 is 0 Å². The molecule has 1 atom stereocenters. The van der Waals surface area contributed by atoms with Crippen molar-refractivity contribution in [3.05, 3.63) is 29.2 Å².